The van der Waals surface area contributed by atoms with E-state index in [4.69, 9.17) is 17.0 Å². The minimum atomic E-state index is -1.07. The minimum absolute atomic E-state index is 0.207. The van der Waals surface area contributed by atoms with Crippen LogP contribution in [0.5, 0.6) is 0 Å². The summed E-state index contributed by atoms with van der Waals surface area (Å²) in [6.45, 7) is 3.44. The Morgan fingerprint density at radius 3 is 2.81 bits per heavy atom. The molecule has 1 saturated heterocycles. The molecule has 1 aromatic carbocycles. The van der Waals surface area contributed by atoms with Gasteiger partial charge < -0.3 is 14.6 Å². The van der Waals surface area contributed by atoms with Gasteiger partial charge in [-0.1, -0.05) is 13.0 Å². The molecule has 0 spiro atoms. The zero-order chi connectivity index (χ0) is 19.4. The van der Waals surface area contributed by atoms with Crippen molar-refractivity contribution in [3.8, 4) is 0 Å². The molecule has 0 bridgehead atoms. The van der Waals surface area contributed by atoms with Gasteiger partial charge in [-0.25, -0.2) is 8.78 Å². The Bertz CT molecular complexity index is 874. The summed E-state index contributed by atoms with van der Waals surface area (Å²) in [6.07, 6.45) is 1.39. The van der Waals surface area contributed by atoms with E-state index < -0.39 is 17.0 Å². The summed E-state index contributed by atoms with van der Waals surface area (Å²) in [4.78, 5) is 13.0. The predicted octanol–water partition coefficient (Wildman–Crippen LogP) is 2.65. The molecule has 9 heteroatoms. The van der Waals surface area contributed by atoms with Gasteiger partial charge in [0.25, 0.3) is 0 Å². The number of benzene rings is 1. The Morgan fingerprint density at radius 1 is 1.41 bits per heavy atom. The van der Waals surface area contributed by atoms with Gasteiger partial charge in [0.15, 0.2) is 4.77 Å². The highest BCUT2D eigenvalue weighted by Gasteiger charge is 2.43. The first kappa shape index (κ1) is 19.6. The zero-order valence-electron chi connectivity index (χ0n) is 15.1. The van der Waals surface area contributed by atoms with Crippen LogP contribution in [0.15, 0.2) is 18.2 Å². The van der Waals surface area contributed by atoms with Crippen molar-refractivity contribution in [2.75, 3.05) is 19.8 Å². The van der Waals surface area contributed by atoms with Crippen LogP contribution in [-0.2, 0) is 27.9 Å². The van der Waals surface area contributed by atoms with E-state index in [1.807, 2.05) is 11.5 Å². The number of amides is 1. The van der Waals surface area contributed by atoms with Gasteiger partial charge in [-0.2, -0.15) is 5.10 Å². The summed E-state index contributed by atoms with van der Waals surface area (Å²) in [6, 6.07) is 3.36. The number of aromatic nitrogens is 3. The molecular weight excluding hydrogens is 374 g/mol. The molecule has 2 aromatic rings. The highest BCUT2D eigenvalue weighted by molar-refractivity contribution is 7.71. The normalized spacial score (nSPS) is 16.3. The van der Waals surface area contributed by atoms with E-state index in [0.717, 1.165) is 11.9 Å². The van der Waals surface area contributed by atoms with Crippen LogP contribution in [-0.4, -0.2) is 40.4 Å². The number of nitrogens with one attached hydrogen (secondary N) is 2. The molecule has 1 amide bonds. The standard InChI is InChI=1S/C18H22F2N4O2S/c1-2-15-22-23-17(27)24(15)8-7-21-16(25)18(5-9-26-10-6-18)13-4-3-12(19)11-14(13)20/h3-4,11H,2,5-10H2,1H3,(H,21,25)(H,23,27). The third kappa shape index (κ3) is 3.93. The zero-order valence-corrected chi connectivity index (χ0v) is 15.9. The average Bonchev–Trinajstić information content (AvgIpc) is 3.02. The fourth-order valence-electron chi connectivity index (χ4n) is 3.52. The second-order valence-corrected chi connectivity index (χ2v) is 6.91. The van der Waals surface area contributed by atoms with E-state index in [1.165, 1.54) is 12.1 Å². The third-order valence-corrected chi connectivity index (χ3v) is 5.31. The van der Waals surface area contributed by atoms with Crippen molar-refractivity contribution in [1.82, 2.24) is 20.1 Å². The maximum atomic E-state index is 14.4. The molecule has 0 unspecified atom stereocenters. The molecule has 146 valence electrons. The molecule has 0 aliphatic carbocycles. The number of aryl methyl sites for hydroxylation is 1. The van der Waals surface area contributed by atoms with E-state index in [1.54, 1.807) is 0 Å². The highest BCUT2D eigenvalue weighted by atomic mass is 32.1. The Kier molecular flexibility index (Phi) is 6.01. The number of carbonyl (C=O) groups excluding carboxylic acids is 1. The summed E-state index contributed by atoms with van der Waals surface area (Å²) in [5.74, 6) is -0.860. The maximum Gasteiger partial charge on any atom is 0.231 e. The topological polar surface area (TPSA) is 71.9 Å². The van der Waals surface area contributed by atoms with Crippen molar-refractivity contribution in [3.63, 3.8) is 0 Å². The largest absolute Gasteiger partial charge is 0.381 e. The highest BCUT2D eigenvalue weighted by Crippen LogP contribution is 2.36. The molecular formula is C18H22F2N4O2S. The molecule has 2 N–H and O–H groups in total. The number of ether oxygens (including phenoxy) is 1. The predicted molar refractivity (Wildman–Crippen MR) is 97.9 cm³/mol. The van der Waals surface area contributed by atoms with Gasteiger partial charge in [-0.15, -0.1) is 0 Å². The third-order valence-electron chi connectivity index (χ3n) is 5.00. The monoisotopic (exact) mass is 396 g/mol. The van der Waals surface area contributed by atoms with Gasteiger partial charge in [0.2, 0.25) is 5.91 Å². The number of hydrogen-bond acceptors (Lipinski definition) is 4. The lowest BCUT2D eigenvalue weighted by atomic mass is 9.73. The van der Waals surface area contributed by atoms with Crippen molar-refractivity contribution in [2.24, 2.45) is 0 Å². The Morgan fingerprint density at radius 2 is 2.15 bits per heavy atom. The lowest BCUT2D eigenvalue weighted by Gasteiger charge is -2.36. The average molecular weight is 396 g/mol. The van der Waals surface area contributed by atoms with Gasteiger partial charge in [-0.05, 0) is 31.1 Å². The van der Waals surface area contributed by atoms with Gasteiger partial charge in [0, 0.05) is 44.4 Å². The SMILES string of the molecule is CCc1n[nH]c(=S)n1CCNC(=O)C1(c2ccc(F)cc2F)CCOCC1. The molecule has 1 fully saturated rings. The summed E-state index contributed by atoms with van der Waals surface area (Å²) in [5.41, 5.74) is -0.861. The number of hydrogen-bond donors (Lipinski definition) is 2. The first-order chi connectivity index (χ1) is 13.0. The van der Waals surface area contributed by atoms with E-state index in [-0.39, 0.29) is 11.5 Å². The summed E-state index contributed by atoms with van der Waals surface area (Å²) >= 11 is 5.20. The number of carbonyl (C=O) groups is 1. The molecule has 0 saturated carbocycles. The number of nitrogens with zero attached hydrogens (tertiary/aromatic N) is 2. The number of rotatable bonds is 6. The van der Waals surface area contributed by atoms with Crippen LogP contribution in [0.4, 0.5) is 8.78 Å². The molecule has 3 rings (SSSR count). The van der Waals surface area contributed by atoms with Gasteiger partial charge >= 0.3 is 0 Å². The van der Waals surface area contributed by atoms with Crippen LogP contribution in [0.2, 0.25) is 0 Å². The minimum Gasteiger partial charge on any atom is -0.381 e. The lowest BCUT2D eigenvalue weighted by Crippen LogP contribution is -2.49. The number of halogens is 2. The number of H-pyrrole nitrogens is 1. The molecule has 27 heavy (non-hydrogen) atoms. The van der Waals surface area contributed by atoms with Crippen LogP contribution in [0.3, 0.4) is 0 Å². The van der Waals surface area contributed by atoms with Crippen LogP contribution in [0.1, 0.15) is 31.2 Å². The van der Waals surface area contributed by atoms with Crippen LogP contribution >= 0.6 is 12.2 Å². The van der Waals surface area contributed by atoms with Crippen molar-refractivity contribution in [3.05, 3.63) is 46.0 Å². The van der Waals surface area contributed by atoms with Crippen molar-refractivity contribution in [2.45, 2.75) is 38.1 Å². The molecule has 1 aliphatic heterocycles. The van der Waals surface area contributed by atoms with Gasteiger partial charge in [0.1, 0.15) is 17.5 Å². The van der Waals surface area contributed by atoms with Gasteiger partial charge in [-0.3, -0.25) is 9.89 Å². The molecule has 1 aromatic heterocycles. The molecule has 0 atom stereocenters. The first-order valence-electron chi connectivity index (χ1n) is 8.93. The second-order valence-electron chi connectivity index (χ2n) is 6.52. The maximum absolute atomic E-state index is 14.4. The molecule has 0 radical (unpaired) electrons. The summed E-state index contributed by atoms with van der Waals surface area (Å²) in [5, 5.41) is 9.76. The van der Waals surface area contributed by atoms with Crippen LogP contribution in [0.25, 0.3) is 0 Å². The Labute approximate surface area is 160 Å². The Balaban J connectivity index is 1.78. The van der Waals surface area contributed by atoms with E-state index in [9.17, 15) is 13.6 Å². The van der Waals surface area contributed by atoms with E-state index in [0.29, 0.717) is 50.3 Å². The lowest BCUT2D eigenvalue weighted by molar-refractivity contribution is -0.130. The van der Waals surface area contributed by atoms with Crippen molar-refractivity contribution in [1.29, 1.82) is 0 Å². The van der Waals surface area contributed by atoms with Crippen molar-refractivity contribution < 1.29 is 18.3 Å². The van der Waals surface area contributed by atoms with E-state index >= 15 is 0 Å². The first-order valence-corrected chi connectivity index (χ1v) is 9.34. The Hall–Kier alpha value is -2.13. The molecule has 6 nitrogen and oxygen atoms in total. The smallest absolute Gasteiger partial charge is 0.231 e. The quantitative estimate of drug-likeness (QED) is 0.737. The second kappa shape index (κ2) is 8.26. The number of aromatic amines is 1. The fraction of sp³-hybridized carbons (Fsp3) is 0.500. The van der Waals surface area contributed by atoms with Gasteiger partial charge in [0.05, 0.1) is 5.41 Å². The molecule has 1 aliphatic rings. The summed E-state index contributed by atoms with van der Waals surface area (Å²) < 4.78 is 35.4. The van der Waals surface area contributed by atoms with Crippen LogP contribution in [0, 0.1) is 16.4 Å². The fourth-order valence-corrected chi connectivity index (χ4v) is 3.76. The van der Waals surface area contributed by atoms with Crippen molar-refractivity contribution >= 4 is 18.1 Å². The van der Waals surface area contributed by atoms with E-state index in [2.05, 4.69) is 15.5 Å². The van der Waals surface area contributed by atoms with Crippen LogP contribution < -0.4 is 5.32 Å². The molecule has 2 heterocycles. The summed E-state index contributed by atoms with van der Waals surface area (Å²) in [7, 11) is 0.